The third kappa shape index (κ3) is 2.50. The molecule has 0 spiro atoms. The van der Waals surface area contributed by atoms with Gasteiger partial charge in [-0.05, 0) is 29.6 Å². The summed E-state index contributed by atoms with van der Waals surface area (Å²) in [6, 6.07) is 13.5. The quantitative estimate of drug-likeness (QED) is 0.491. The number of hydrogen-bond donors (Lipinski definition) is 0. The van der Waals surface area contributed by atoms with Gasteiger partial charge in [-0.1, -0.05) is 34.1 Å². The van der Waals surface area contributed by atoms with Crippen LogP contribution < -0.4 is 0 Å². The van der Waals surface area contributed by atoms with Crippen molar-refractivity contribution < 1.29 is 4.79 Å². The fourth-order valence-corrected chi connectivity index (χ4v) is 3.54. The van der Waals surface area contributed by atoms with E-state index in [-0.39, 0.29) is 5.78 Å². The van der Waals surface area contributed by atoms with Gasteiger partial charge < -0.3 is 0 Å². The molecule has 0 aliphatic carbocycles. The fourth-order valence-electron chi connectivity index (χ4n) is 2.46. The van der Waals surface area contributed by atoms with Crippen LogP contribution in [0.15, 0.2) is 64.7 Å². The van der Waals surface area contributed by atoms with Gasteiger partial charge in [0.05, 0.1) is 22.3 Å². The first-order chi connectivity index (χ1) is 11.2. The molecule has 0 unspecified atom stereocenters. The molecule has 0 aliphatic heterocycles. The van der Waals surface area contributed by atoms with Gasteiger partial charge in [0, 0.05) is 16.2 Å². The van der Waals surface area contributed by atoms with E-state index in [1.807, 2.05) is 47.8 Å². The molecular weight excluding hydrogens is 374 g/mol. The molecule has 4 nitrogen and oxygen atoms in total. The number of carbonyl (C=O) groups excluding carboxylic acids is 1. The predicted molar refractivity (Wildman–Crippen MR) is 93.9 cm³/mol. The summed E-state index contributed by atoms with van der Waals surface area (Å²) < 4.78 is 2.70. The van der Waals surface area contributed by atoms with E-state index in [0.717, 1.165) is 15.7 Å². The molecule has 0 atom stereocenters. The molecule has 112 valence electrons. The molecule has 4 aromatic rings. The van der Waals surface area contributed by atoms with Crippen molar-refractivity contribution in [1.29, 1.82) is 0 Å². The van der Waals surface area contributed by atoms with Crippen LogP contribution in [0.2, 0.25) is 0 Å². The number of benzene rings is 1. The lowest BCUT2D eigenvalue weighted by Crippen LogP contribution is -2.01. The van der Waals surface area contributed by atoms with Gasteiger partial charge >= 0.3 is 0 Å². The standard InChI is InChI=1S/C17H10BrN3OS/c18-12-4-1-3-11(9-12)14-6-7-19-17-13(10-20-21(14)17)16(22)15-5-2-8-23-15/h1-10H. The summed E-state index contributed by atoms with van der Waals surface area (Å²) in [5.41, 5.74) is 2.98. The summed E-state index contributed by atoms with van der Waals surface area (Å²) in [5, 5.41) is 6.27. The first kappa shape index (κ1) is 14.3. The highest BCUT2D eigenvalue weighted by Crippen LogP contribution is 2.25. The van der Waals surface area contributed by atoms with Crippen LogP contribution in [-0.4, -0.2) is 20.4 Å². The number of halogens is 1. The lowest BCUT2D eigenvalue weighted by Gasteiger charge is -2.05. The summed E-state index contributed by atoms with van der Waals surface area (Å²) in [6.45, 7) is 0. The second kappa shape index (κ2) is 5.72. The number of aromatic nitrogens is 3. The Morgan fingerprint density at radius 3 is 2.87 bits per heavy atom. The minimum Gasteiger partial charge on any atom is -0.287 e. The number of ketones is 1. The van der Waals surface area contributed by atoms with Crippen molar-refractivity contribution in [2.45, 2.75) is 0 Å². The van der Waals surface area contributed by atoms with Crippen LogP contribution in [-0.2, 0) is 0 Å². The van der Waals surface area contributed by atoms with E-state index in [1.165, 1.54) is 11.3 Å². The Morgan fingerprint density at radius 1 is 1.17 bits per heavy atom. The minimum atomic E-state index is -0.0473. The van der Waals surface area contributed by atoms with Gasteiger partial charge in [-0.3, -0.25) is 4.79 Å². The maximum Gasteiger partial charge on any atom is 0.208 e. The number of carbonyl (C=O) groups is 1. The lowest BCUT2D eigenvalue weighted by molar-refractivity contribution is 0.104. The van der Waals surface area contributed by atoms with Crippen LogP contribution in [0.5, 0.6) is 0 Å². The molecular formula is C17H10BrN3OS. The number of rotatable bonds is 3. The number of thiophene rings is 1. The summed E-state index contributed by atoms with van der Waals surface area (Å²) in [6.07, 6.45) is 3.30. The van der Waals surface area contributed by atoms with Crippen molar-refractivity contribution in [3.63, 3.8) is 0 Å². The Labute approximate surface area is 144 Å². The van der Waals surface area contributed by atoms with Crippen LogP contribution in [0.4, 0.5) is 0 Å². The normalized spacial score (nSPS) is 11.0. The predicted octanol–water partition coefficient (Wildman–Crippen LogP) is 4.45. The molecule has 23 heavy (non-hydrogen) atoms. The molecule has 3 aromatic heterocycles. The van der Waals surface area contributed by atoms with E-state index in [2.05, 4.69) is 26.0 Å². The van der Waals surface area contributed by atoms with Crippen LogP contribution in [0.1, 0.15) is 15.2 Å². The number of fused-ring (bicyclic) bond motifs is 1. The number of nitrogens with zero attached hydrogens (tertiary/aromatic N) is 3. The van der Waals surface area contributed by atoms with Crippen molar-refractivity contribution in [3.05, 3.63) is 75.2 Å². The molecule has 0 saturated heterocycles. The van der Waals surface area contributed by atoms with Crippen LogP contribution >= 0.6 is 27.3 Å². The van der Waals surface area contributed by atoms with Crippen LogP contribution in [0.3, 0.4) is 0 Å². The Bertz CT molecular complexity index is 1010. The molecule has 3 heterocycles. The Morgan fingerprint density at radius 2 is 2.09 bits per heavy atom. The van der Waals surface area contributed by atoms with Crippen LogP contribution in [0.25, 0.3) is 16.9 Å². The summed E-state index contributed by atoms with van der Waals surface area (Å²) in [4.78, 5) is 17.6. The first-order valence-corrected chi connectivity index (χ1v) is 8.58. The maximum atomic E-state index is 12.6. The minimum absolute atomic E-state index is 0.0473. The molecule has 4 rings (SSSR count). The highest BCUT2D eigenvalue weighted by atomic mass is 79.9. The van der Waals surface area contributed by atoms with Gasteiger partial charge in [-0.15, -0.1) is 11.3 Å². The van der Waals surface area contributed by atoms with Gasteiger partial charge in [0.15, 0.2) is 5.65 Å². The SMILES string of the molecule is O=C(c1cccs1)c1cnn2c(-c3cccc(Br)c3)ccnc12. The topological polar surface area (TPSA) is 47.3 Å². The third-order valence-electron chi connectivity index (χ3n) is 3.51. The highest BCUT2D eigenvalue weighted by molar-refractivity contribution is 9.10. The van der Waals surface area contributed by atoms with E-state index >= 15 is 0 Å². The molecule has 0 radical (unpaired) electrons. The molecule has 0 aliphatic rings. The van der Waals surface area contributed by atoms with E-state index in [0.29, 0.717) is 16.1 Å². The fraction of sp³-hybridized carbons (Fsp3) is 0. The van der Waals surface area contributed by atoms with Crippen molar-refractivity contribution >= 4 is 38.7 Å². The maximum absolute atomic E-state index is 12.6. The zero-order valence-corrected chi connectivity index (χ0v) is 14.2. The Balaban J connectivity index is 1.89. The van der Waals surface area contributed by atoms with E-state index in [9.17, 15) is 4.79 Å². The highest BCUT2D eigenvalue weighted by Gasteiger charge is 2.18. The molecule has 0 bridgehead atoms. The van der Waals surface area contributed by atoms with Gasteiger partial charge in [-0.2, -0.15) is 5.10 Å². The lowest BCUT2D eigenvalue weighted by atomic mass is 10.1. The second-order valence-electron chi connectivity index (χ2n) is 4.94. The van der Waals surface area contributed by atoms with Gasteiger partial charge in [-0.25, -0.2) is 9.50 Å². The Kier molecular flexibility index (Phi) is 3.55. The van der Waals surface area contributed by atoms with Crippen molar-refractivity contribution in [2.75, 3.05) is 0 Å². The van der Waals surface area contributed by atoms with Gasteiger partial charge in [0.1, 0.15) is 0 Å². The summed E-state index contributed by atoms with van der Waals surface area (Å²) >= 11 is 4.90. The van der Waals surface area contributed by atoms with Crippen molar-refractivity contribution in [1.82, 2.24) is 14.6 Å². The van der Waals surface area contributed by atoms with Crippen molar-refractivity contribution in [2.24, 2.45) is 0 Å². The van der Waals surface area contributed by atoms with Gasteiger partial charge in [0.25, 0.3) is 0 Å². The molecule has 6 heteroatoms. The average Bonchev–Trinajstić information content (AvgIpc) is 3.23. The largest absolute Gasteiger partial charge is 0.287 e. The smallest absolute Gasteiger partial charge is 0.208 e. The number of hydrogen-bond acceptors (Lipinski definition) is 4. The first-order valence-electron chi connectivity index (χ1n) is 6.91. The Hall–Kier alpha value is -2.31. The zero-order chi connectivity index (χ0) is 15.8. The molecule has 1 aromatic carbocycles. The molecule has 0 fully saturated rings. The van der Waals surface area contributed by atoms with Crippen LogP contribution in [0, 0.1) is 0 Å². The van der Waals surface area contributed by atoms with E-state index in [1.54, 1.807) is 16.9 Å². The molecule has 0 saturated carbocycles. The zero-order valence-electron chi connectivity index (χ0n) is 11.8. The van der Waals surface area contributed by atoms with Gasteiger partial charge in [0.2, 0.25) is 5.78 Å². The summed E-state index contributed by atoms with van der Waals surface area (Å²) in [7, 11) is 0. The second-order valence-corrected chi connectivity index (χ2v) is 6.80. The monoisotopic (exact) mass is 383 g/mol. The third-order valence-corrected chi connectivity index (χ3v) is 4.87. The van der Waals surface area contributed by atoms with E-state index < -0.39 is 0 Å². The summed E-state index contributed by atoms with van der Waals surface area (Å²) in [5.74, 6) is -0.0473. The average molecular weight is 384 g/mol. The van der Waals surface area contributed by atoms with E-state index in [4.69, 9.17) is 0 Å². The molecule has 0 N–H and O–H groups in total. The molecule has 0 amide bonds. The van der Waals surface area contributed by atoms with Crippen molar-refractivity contribution in [3.8, 4) is 11.3 Å².